The van der Waals surface area contributed by atoms with Crippen molar-refractivity contribution >= 4 is 32.9 Å². The first-order chi connectivity index (χ1) is 13.3. The molecule has 4 rings (SSSR count). The third-order valence-electron chi connectivity index (χ3n) is 5.02. The standard InChI is InChI=1S/C19H17NO6S2/c21-13-4-1-3-11(9-13)16-15(17(22)14-5-2-7-27-14)18(23)19(24)20(16)12-6-8-28(25,26)10-12/h1-5,7,9,12,16,21,23H,6,8,10H2/t12-,16-/m1/s1. The molecule has 0 unspecified atom stereocenters. The number of carbonyl (C=O) groups is 2. The number of benzene rings is 1. The van der Waals surface area contributed by atoms with Crippen LogP contribution in [0, 0.1) is 0 Å². The summed E-state index contributed by atoms with van der Waals surface area (Å²) in [6.07, 6.45) is 0.233. The number of nitrogens with zero attached hydrogens (tertiary/aromatic N) is 1. The van der Waals surface area contributed by atoms with Gasteiger partial charge in [-0.15, -0.1) is 11.3 Å². The quantitative estimate of drug-likeness (QED) is 0.735. The molecule has 0 aliphatic carbocycles. The number of phenols is 1. The largest absolute Gasteiger partial charge is 0.508 e. The summed E-state index contributed by atoms with van der Waals surface area (Å²) in [6, 6.07) is 7.74. The van der Waals surface area contributed by atoms with Gasteiger partial charge in [-0.05, 0) is 35.6 Å². The van der Waals surface area contributed by atoms with Gasteiger partial charge in [-0.2, -0.15) is 0 Å². The molecule has 2 aliphatic rings. The van der Waals surface area contributed by atoms with Gasteiger partial charge < -0.3 is 15.1 Å². The van der Waals surface area contributed by atoms with E-state index >= 15 is 0 Å². The van der Waals surface area contributed by atoms with E-state index in [2.05, 4.69) is 0 Å². The Kier molecular flexibility index (Phi) is 4.51. The van der Waals surface area contributed by atoms with Gasteiger partial charge in [0.25, 0.3) is 5.91 Å². The van der Waals surface area contributed by atoms with Crippen LogP contribution in [-0.2, 0) is 14.6 Å². The van der Waals surface area contributed by atoms with Gasteiger partial charge in [0.2, 0.25) is 5.78 Å². The van der Waals surface area contributed by atoms with Crippen molar-refractivity contribution in [3.63, 3.8) is 0 Å². The highest BCUT2D eigenvalue weighted by molar-refractivity contribution is 7.91. The molecule has 1 aromatic carbocycles. The summed E-state index contributed by atoms with van der Waals surface area (Å²) in [6.45, 7) is 0. The summed E-state index contributed by atoms with van der Waals surface area (Å²) in [5.74, 6) is -2.26. The third kappa shape index (κ3) is 3.10. The van der Waals surface area contributed by atoms with Crippen LogP contribution in [0.15, 0.2) is 53.1 Å². The van der Waals surface area contributed by atoms with Crippen molar-refractivity contribution in [1.29, 1.82) is 0 Å². The first-order valence-corrected chi connectivity index (χ1v) is 11.3. The smallest absolute Gasteiger partial charge is 0.290 e. The molecule has 0 radical (unpaired) electrons. The summed E-state index contributed by atoms with van der Waals surface area (Å²) in [7, 11) is -3.29. The minimum absolute atomic E-state index is 0.0524. The van der Waals surface area contributed by atoms with Crippen molar-refractivity contribution < 1.29 is 28.2 Å². The van der Waals surface area contributed by atoms with Gasteiger partial charge in [-0.25, -0.2) is 8.42 Å². The second-order valence-electron chi connectivity index (χ2n) is 6.84. The summed E-state index contributed by atoms with van der Waals surface area (Å²) >= 11 is 1.18. The Morgan fingerprint density at radius 1 is 1.18 bits per heavy atom. The van der Waals surface area contributed by atoms with Crippen LogP contribution in [0.4, 0.5) is 0 Å². The molecule has 0 spiro atoms. The van der Waals surface area contributed by atoms with E-state index in [4.69, 9.17) is 0 Å². The molecule has 1 fully saturated rings. The van der Waals surface area contributed by atoms with E-state index in [1.54, 1.807) is 29.6 Å². The van der Waals surface area contributed by atoms with Crippen LogP contribution in [-0.4, -0.2) is 52.8 Å². The number of ketones is 1. The van der Waals surface area contributed by atoms with Gasteiger partial charge in [0.1, 0.15) is 5.75 Å². The minimum atomic E-state index is -3.29. The lowest BCUT2D eigenvalue weighted by Crippen LogP contribution is -2.41. The Bertz CT molecular complexity index is 1090. The van der Waals surface area contributed by atoms with Crippen LogP contribution in [0.5, 0.6) is 5.75 Å². The number of sulfone groups is 1. The maximum Gasteiger partial charge on any atom is 0.290 e. The number of thiophene rings is 1. The molecule has 1 amide bonds. The van der Waals surface area contributed by atoms with Crippen LogP contribution in [0.2, 0.25) is 0 Å². The van der Waals surface area contributed by atoms with Gasteiger partial charge in [0.05, 0.1) is 28.0 Å². The number of Topliss-reactive ketones (excluding diaryl/α,β-unsaturated/α-hetero) is 1. The molecule has 1 saturated heterocycles. The zero-order valence-corrected chi connectivity index (χ0v) is 16.2. The molecule has 2 aromatic rings. The van der Waals surface area contributed by atoms with E-state index < -0.39 is 39.4 Å². The highest BCUT2D eigenvalue weighted by Gasteiger charge is 2.49. The molecule has 2 atom stereocenters. The average molecular weight is 419 g/mol. The summed E-state index contributed by atoms with van der Waals surface area (Å²) < 4.78 is 23.9. The molecule has 0 saturated carbocycles. The number of hydrogen-bond acceptors (Lipinski definition) is 7. The summed E-state index contributed by atoms with van der Waals surface area (Å²) in [4.78, 5) is 27.6. The van der Waals surface area contributed by atoms with Crippen molar-refractivity contribution in [3.05, 3.63) is 63.6 Å². The summed E-state index contributed by atoms with van der Waals surface area (Å²) in [5.41, 5.74) is 0.337. The highest BCUT2D eigenvalue weighted by Crippen LogP contribution is 2.43. The fraction of sp³-hybridized carbons (Fsp3) is 0.263. The molecule has 3 heterocycles. The Hall–Kier alpha value is -2.65. The van der Waals surface area contributed by atoms with Crippen molar-refractivity contribution in [1.82, 2.24) is 4.90 Å². The number of amides is 1. The molecule has 2 aliphatic heterocycles. The number of aliphatic hydroxyl groups excluding tert-OH is 1. The molecule has 146 valence electrons. The van der Waals surface area contributed by atoms with Crippen LogP contribution in [0.1, 0.15) is 27.7 Å². The Balaban J connectivity index is 1.84. The van der Waals surface area contributed by atoms with Crippen LogP contribution in [0.3, 0.4) is 0 Å². The van der Waals surface area contributed by atoms with E-state index in [-0.39, 0.29) is 29.2 Å². The predicted octanol–water partition coefficient (Wildman–Crippen LogP) is 2.22. The van der Waals surface area contributed by atoms with E-state index in [1.807, 2.05) is 0 Å². The molecule has 1 aromatic heterocycles. The Morgan fingerprint density at radius 2 is 1.96 bits per heavy atom. The Morgan fingerprint density at radius 3 is 2.57 bits per heavy atom. The van der Waals surface area contributed by atoms with E-state index in [0.717, 1.165) is 0 Å². The van der Waals surface area contributed by atoms with Gasteiger partial charge >= 0.3 is 0 Å². The maximum absolute atomic E-state index is 13.1. The predicted molar refractivity (Wildman–Crippen MR) is 103 cm³/mol. The lowest BCUT2D eigenvalue weighted by atomic mass is 9.94. The fourth-order valence-electron chi connectivity index (χ4n) is 3.79. The van der Waals surface area contributed by atoms with Crippen molar-refractivity contribution in [2.45, 2.75) is 18.5 Å². The average Bonchev–Trinajstić information content (AvgIpc) is 3.34. The van der Waals surface area contributed by atoms with Gasteiger partial charge in [-0.3, -0.25) is 9.59 Å². The minimum Gasteiger partial charge on any atom is -0.508 e. The number of aromatic hydroxyl groups is 1. The molecule has 0 bridgehead atoms. The monoisotopic (exact) mass is 419 g/mol. The normalized spacial score (nSPS) is 24.1. The third-order valence-corrected chi connectivity index (χ3v) is 7.64. The second kappa shape index (κ2) is 6.75. The zero-order chi connectivity index (χ0) is 20.1. The number of phenolic OH excluding ortho intramolecular Hbond substituents is 1. The van der Waals surface area contributed by atoms with Crippen molar-refractivity contribution in [2.75, 3.05) is 11.5 Å². The zero-order valence-electron chi connectivity index (χ0n) is 14.6. The summed E-state index contributed by atoms with van der Waals surface area (Å²) in [5, 5.41) is 22.2. The molecule has 28 heavy (non-hydrogen) atoms. The molecular weight excluding hydrogens is 402 g/mol. The SMILES string of the molecule is O=C(C1=C(O)C(=O)N([C@@H]2CCS(=O)(=O)C2)[C@@H]1c1cccc(O)c1)c1cccs1. The van der Waals surface area contributed by atoms with Crippen molar-refractivity contribution in [2.24, 2.45) is 0 Å². The number of rotatable bonds is 4. The van der Waals surface area contributed by atoms with E-state index in [1.165, 1.54) is 28.4 Å². The van der Waals surface area contributed by atoms with E-state index in [0.29, 0.717) is 10.4 Å². The first-order valence-electron chi connectivity index (χ1n) is 8.62. The van der Waals surface area contributed by atoms with Crippen molar-refractivity contribution in [3.8, 4) is 5.75 Å². The molecule has 2 N–H and O–H groups in total. The number of aliphatic hydroxyl groups is 1. The lowest BCUT2D eigenvalue weighted by molar-refractivity contribution is -0.131. The van der Waals surface area contributed by atoms with Gasteiger partial charge in [0.15, 0.2) is 15.6 Å². The lowest BCUT2D eigenvalue weighted by Gasteiger charge is -2.31. The topological polar surface area (TPSA) is 112 Å². The molecular formula is C19H17NO6S2. The number of carbonyl (C=O) groups excluding carboxylic acids is 2. The van der Waals surface area contributed by atoms with Gasteiger partial charge in [-0.1, -0.05) is 18.2 Å². The first kappa shape index (κ1) is 18.7. The maximum atomic E-state index is 13.1. The second-order valence-corrected chi connectivity index (χ2v) is 10.0. The Labute approximate surface area is 165 Å². The van der Waals surface area contributed by atoms with Crippen LogP contribution >= 0.6 is 11.3 Å². The highest BCUT2D eigenvalue weighted by atomic mass is 32.2. The van der Waals surface area contributed by atoms with Crippen LogP contribution < -0.4 is 0 Å². The van der Waals surface area contributed by atoms with Crippen LogP contribution in [0.25, 0.3) is 0 Å². The van der Waals surface area contributed by atoms with E-state index in [9.17, 15) is 28.2 Å². The molecule has 9 heteroatoms. The number of hydrogen-bond donors (Lipinski definition) is 2. The fourth-order valence-corrected chi connectivity index (χ4v) is 6.18. The van der Waals surface area contributed by atoms with Gasteiger partial charge in [0, 0.05) is 6.04 Å². The molecule has 7 nitrogen and oxygen atoms in total.